The Morgan fingerprint density at radius 3 is 2.29 bits per heavy atom. The van der Waals surface area contributed by atoms with E-state index in [2.05, 4.69) is 5.32 Å². The van der Waals surface area contributed by atoms with E-state index in [1.807, 2.05) is 32.0 Å². The zero-order valence-corrected chi connectivity index (χ0v) is 15.1. The van der Waals surface area contributed by atoms with Crippen LogP contribution in [0.15, 0.2) is 42.5 Å². The number of hydrogen-bond acceptors (Lipinski definition) is 3. The molecule has 0 fully saturated rings. The summed E-state index contributed by atoms with van der Waals surface area (Å²) in [5.74, 6) is -0.200. The Bertz CT molecular complexity index is 843. The topological polar surface area (TPSA) is 66.5 Å². The van der Waals surface area contributed by atoms with Crippen molar-refractivity contribution in [3.05, 3.63) is 59.2 Å². The lowest BCUT2D eigenvalue weighted by Crippen LogP contribution is -2.28. The number of carbonyl (C=O) groups excluding carboxylic acids is 1. The van der Waals surface area contributed by atoms with Gasteiger partial charge in [-0.3, -0.25) is 9.10 Å². The predicted molar refractivity (Wildman–Crippen MR) is 98.2 cm³/mol. The molecule has 0 spiro atoms. The van der Waals surface area contributed by atoms with Crippen molar-refractivity contribution < 1.29 is 13.2 Å². The van der Waals surface area contributed by atoms with Crippen molar-refractivity contribution in [2.45, 2.75) is 20.8 Å². The van der Waals surface area contributed by atoms with Crippen molar-refractivity contribution in [1.29, 1.82) is 0 Å². The number of hydrogen-bond donors (Lipinski definition) is 1. The second-order valence-electron chi connectivity index (χ2n) is 5.69. The molecule has 2 aromatic rings. The first-order valence-corrected chi connectivity index (χ1v) is 9.31. The third kappa shape index (κ3) is 3.94. The molecule has 0 saturated carbocycles. The van der Waals surface area contributed by atoms with E-state index in [1.54, 1.807) is 31.2 Å². The summed E-state index contributed by atoms with van der Waals surface area (Å²) in [6.07, 6.45) is 0. The van der Waals surface area contributed by atoms with Gasteiger partial charge >= 0.3 is 0 Å². The predicted octanol–water partition coefficient (Wildman–Crippen LogP) is 3.34. The molecular formula is C18H22N2O3S. The minimum Gasteiger partial charge on any atom is -0.322 e. The van der Waals surface area contributed by atoms with Gasteiger partial charge in [0.05, 0.1) is 11.4 Å². The maximum absolute atomic E-state index is 12.4. The standard InChI is InChI=1S/C18H22N2O3S/c1-5-24(22,23)20(4)16-10-8-15(9-11-16)18(21)19-17-12-13(2)6-7-14(17)3/h6-12H,5H2,1-4H3,(H,19,21). The van der Waals surface area contributed by atoms with E-state index in [0.717, 1.165) is 16.8 Å². The van der Waals surface area contributed by atoms with Crippen LogP contribution in [0.4, 0.5) is 11.4 Å². The van der Waals surface area contributed by atoms with Gasteiger partial charge in [0.25, 0.3) is 5.91 Å². The van der Waals surface area contributed by atoms with Crippen LogP contribution in [0.2, 0.25) is 0 Å². The number of anilines is 2. The van der Waals surface area contributed by atoms with E-state index in [-0.39, 0.29) is 11.7 Å². The fourth-order valence-corrected chi connectivity index (χ4v) is 3.07. The minimum absolute atomic E-state index is 0.0262. The highest BCUT2D eigenvalue weighted by Gasteiger charge is 2.16. The molecule has 5 nitrogen and oxygen atoms in total. The Morgan fingerprint density at radius 1 is 1.08 bits per heavy atom. The number of rotatable bonds is 5. The highest BCUT2D eigenvalue weighted by atomic mass is 32.2. The molecule has 0 aliphatic rings. The van der Waals surface area contributed by atoms with Crippen molar-refractivity contribution in [2.75, 3.05) is 22.4 Å². The summed E-state index contributed by atoms with van der Waals surface area (Å²) < 4.78 is 25.0. The van der Waals surface area contributed by atoms with Crippen molar-refractivity contribution in [3.8, 4) is 0 Å². The first kappa shape index (κ1) is 18.0. The lowest BCUT2D eigenvalue weighted by molar-refractivity contribution is 0.102. The van der Waals surface area contributed by atoms with E-state index in [9.17, 15) is 13.2 Å². The van der Waals surface area contributed by atoms with Gasteiger partial charge < -0.3 is 5.32 Å². The van der Waals surface area contributed by atoms with Gasteiger partial charge in [-0.1, -0.05) is 12.1 Å². The summed E-state index contributed by atoms with van der Waals surface area (Å²) in [5, 5.41) is 2.89. The molecule has 2 rings (SSSR count). The number of nitrogens with zero attached hydrogens (tertiary/aromatic N) is 1. The molecule has 0 heterocycles. The Hall–Kier alpha value is -2.34. The summed E-state index contributed by atoms with van der Waals surface area (Å²) in [5.41, 5.74) is 3.83. The number of carbonyl (C=O) groups is 1. The normalized spacial score (nSPS) is 11.2. The van der Waals surface area contributed by atoms with Crippen molar-refractivity contribution in [2.24, 2.45) is 0 Å². The van der Waals surface area contributed by atoms with E-state index in [1.165, 1.54) is 11.4 Å². The molecule has 0 atom stereocenters. The number of sulfonamides is 1. The molecule has 0 unspecified atom stereocenters. The minimum atomic E-state index is -3.31. The fourth-order valence-electron chi connectivity index (χ4n) is 2.24. The second kappa shape index (κ2) is 7.05. The van der Waals surface area contributed by atoms with Gasteiger partial charge in [0, 0.05) is 18.3 Å². The third-order valence-corrected chi connectivity index (χ3v) is 5.69. The maximum Gasteiger partial charge on any atom is 0.255 e. The number of benzene rings is 2. The van der Waals surface area contributed by atoms with Crippen LogP contribution < -0.4 is 9.62 Å². The largest absolute Gasteiger partial charge is 0.322 e. The Morgan fingerprint density at radius 2 is 1.71 bits per heavy atom. The molecule has 24 heavy (non-hydrogen) atoms. The molecular weight excluding hydrogens is 324 g/mol. The summed E-state index contributed by atoms with van der Waals surface area (Å²) >= 11 is 0. The average molecular weight is 346 g/mol. The molecule has 0 aliphatic heterocycles. The smallest absolute Gasteiger partial charge is 0.255 e. The maximum atomic E-state index is 12.4. The van der Waals surface area contributed by atoms with Crippen LogP contribution in [-0.2, 0) is 10.0 Å². The molecule has 0 saturated heterocycles. The lowest BCUT2D eigenvalue weighted by Gasteiger charge is -2.18. The van der Waals surface area contributed by atoms with E-state index in [0.29, 0.717) is 11.3 Å². The molecule has 0 aliphatic carbocycles. The van der Waals surface area contributed by atoms with Crippen LogP contribution in [0.25, 0.3) is 0 Å². The molecule has 1 amide bonds. The summed E-state index contributed by atoms with van der Waals surface area (Å²) in [6, 6.07) is 12.4. The van der Waals surface area contributed by atoms with Gasteiger partial charge in [-0.25, -0.2) is 8.42 Å². The summed E-state index contributed by atoms with van der Waals surface area (Å²) in [7, 11) is -1.81. The van der Waals surface area contributed by atoms with E-state index >= 15 is 0 Å². The Labute approximate surface area is 143 Å². The van der Waals surface area contributed by atoms with Crippen molar-refractivity contribution in [3.63, 3.8) is 0 Å². The summed E-state index contributed by atoms with van der Waals surface area (Å²) in [6.45, 7) is 5.49. The van der Waals surface area contributed by atoms with Crippen LogP contribution in [-0.4, -0.2) is 27.1 Å². The van der Waals surface area contributed by atoms with Crippen LogP contribution in [0.3, 0.4) is 0 Å². The van der Waals surface area contributed by atoms with Crippen LogP contribution in [0.5, 0.6) is 0 Å². The Kier molecular flexibility index (Phi) is 5.29. The summed E-state index contributed by atoms with van der Waals surface area (Å²) in [4.78, 5) is 12.4. The first-order chi connectivity index (χ1) is 11.2. The van der Waals surface area contributed by atoms with E-state index < -0.39 is 10.0 Å². The van der Waals surface area contributed by atoms with Gasteiger partial charge in [-0.2, -0.15) is 0 Å². The second-order valence-corrected chi connectivity index (χ2v) is 7.98. The molecule has 128 valence electrons. The molecule has 0 radical (unpaired) electrons. The van der Waals surface area contributed by atoms with Gasteiger partial charge in [0.1, 0.15) is 0 Å². The van der Waals surface area contributed by atoms with Gasteiger partial charge in [-0.05, 0) is 62.2 Å². The highest BCUT2D eigenvalue weighted by molar-refractivity contribution is 7.92. The molecule has 2 aromatic carbocycles. The number of nitrogens with one attached hydrogen (secondary N) is 1. The first-order valence-electron chi connectivity index (χ1n) is 7.70. The quantitative estimate of drug-likeness (QED) is 0.903. The number of amides is 1. The third-order valence-electron chi connectivity index (χ3n) is 3.92. The van der Waals surface area contributed by atoms with Gasteiger partial charge in [-0.15, -0.1) is 0 Å². The highest BCUT2D eigenvalue weighted by Crippen LogP contribution is 2.20. The lowest BCUT2D eigenvalue weighted by atomic mass is 10.1. The number of aryl methyl sites for hydroxylation is 2. The van der Waals surface area contributed by atoms with Crippen molar-refractivity contribution in [1.82, 2.24) is 0 Å². The molecule has 6 heteroatoms. The van der Waals surface area contributed by atoms with Gasteiger partial charge in [0.2, 0.25) is 10.0 Å². The van der Waals surface area contributed by atoms with Crippen molar-refractivity contribution >= 4 is 27.3 Å². The fraction of sp³-hybridized carbons (Fsp3) is 0.278. The molecule has 0 bridgehead atoms. The van der Waals surface area contributed by atoms with E-state index in [4.69, 9.17) is 0 Å². The Balaban J connectivity index is 2.19. The zero-order chi connectivity index (χ0) is 17.9. The SMILES string of the molecule is CCS(=O)(=O)N(C)c1ccc(C(=O)Nc2cc(C)ccc2C)cc1. The van der Waals surface area contributed by atoms with Crippen LogP contribution in [0.1, 0.15) is 28.4 Å². The van der Waals surface area contributed by atoms with Crippen LogP contribution in [0, 0.1) is 13.8 Å². The zero-order valence-electron chi connectivity index (χ0n) is 14.3. The van der Waals surface area contributed by atoms with Gasteiger partial charge in [0.15, 0.2) is 0 Å². The average Bonchev–Trinajstić information content (AvgIpc) is 2.57. The monoisotopic (exact) mass is 346 g/mol. The van der Waals surface area contributed by atoms with Crippen LogP contribution >= 0.6 is 0 Å². The molecule has 1 N–H and O–H groups in total. The molecule has 0 aromatic heterocycles.